The maximum atomic E-state index is 12.9. The molecule has 3 aromatic rings. The highest BCUT2D eigenvalue weighted by Crippen LogP contribution is 2.34. The summed E-state index contributed by atoms with van der Waals surface area (Å²) in [4.78, 5) is 19.1. The Bertz CT molecular complexity index is 994. The Hall–Kier alpha value is -3.65. The summed E-state index contributed by atoms with van der Waals surface area (Å²) < 4.78 is 0. The quantitative estimate of drug-likeness (QED) is 0.786. The summed E-state index contributed by atoms with van der Waals surface area (Å²) in [6, 6.07) is 22.8. The number of anilines is 1. The van der Waals surface area contributed by atoms with Crippen LogP contribution >= 0.6 is 0 Å². The van der Waals surface area contributed by atoms with Gasteiger partial charge in [-0.2, -0.15) is 5.26 Å². The van der Waals surface area contributed by atoms with E-state index in [2.05, 4.69) is 16.4 Å². The van der Waals surface area contributed by atoms with E-state index >= 15 is 0 Å². The number of hydrogen-bond donors (Lipinski definition) is 1. The zero-order valence-corrected chi connectivity index (χ0v) is 14.0. The fraction of sp³-hybridized carbons (Fsp3) is 0.0952. The molecule has 2 aromatic carbocycles. The van der Waals surface area contributed by atoms with Crippen LogP contribution in [0.15, 0.2) is 72.9 Å². The number of nitriles is 1. The molecule has 2 heterocycles. The molecule has 1 N–H and O–H groups in total. The van der Waals surface area contributed by atoms with Gasteiger partial charge in [0.25, 0.3) is 5.91 Å². The highest BCUT2D eigenvalue weighted by Gasteiger charge is 2.37. The molecule has 0 bridgehead atoms. The number of hydrogen-bond acceptors (Lipinski definition) is 4. The topological polar surface area (TPSA) is 69.0 Å². The maximum absolute atomic E-state index is 12.9. The van der Waals surface area contributed by atoms with Crippen LogP contribution in [0.3, 0.4) is 0 Å². The van der Waals surface area contributed by atoms with Crippen molar-refractivity contribution in [3.05, 3.63) is 95.3 Å². The van der Waals surface area contributed by atoms with Crippen molar-refractivity contribution in [2.24, 2.45) is 0 Å². The summed E-state index contributed by atoms with van der Waals surface area (Å²) >= 11 is 0. The van der Waals surface area contributed by atoms with E-state index in [1.54, 1.807) is 35.4 Å². The van der Waals surface area contributed by atoms with Gasteiger partial charge in [-0.05, 0) is 35.9 Å². The molecule has 0 aliphatic carbocycles. The van der Waals surface area contributed by atoms with Crippen molar-refractivity contribution in [1.82, 2.24) is 9.88 Å². The van der Waals surface area contributed by atoms with E-state index in [0.717, 1.165) is 11.3 Å². The second-order valence-electron chi connectivity index (χ2n) is 6.09. The molecule has 0 radical (unpaired) electrons. The van der Waals surface area contributed by atoms with Crippen molar-refractivity contribution in [3.8, 4) is 6.07 Å². The molecule has 5 nitrogen and oxygen atoms in total. The lowest BCUT2D eigenvalue weighted by molar-refractivity contribution is 0.0728. The number of fused-ring (bicyclic) bond motifs is 1. The number of carbonyl (C=O) groups excluding carboxylic acids is 1. The van der Waals surface area contributed by atoms with E-state index in [4.69, 9.17) is 5.26 Å². The molecule has 1 aromatic heterocycles. The lowest BCUT2D eigenvalue weighted by Gasteiger charge is -2.26. The van der Waals surface area contributed by atoms with Gasteiger partial charge in [-0.3, -0.25) is 9.78 Å². The Morgan fingerprint density at radius 1 is 1.08 bits per heavy atom. The van der Waals surface area contributed by atoms with Crippen LogP contribution in [0.5, 0.6) is 0 Å². The van der Waals surface area contributed by atoms with Crippen molar-refractivity contribution in [3.63, 3.8) is 0 Å². The standard InChI is InChI=1S/C21H16N4O/c22-13-16-8-4-9-17(12-16)24-20-19-18(10-5-11-23-19)21(26)25(20)14-15-6-2-1-3-7-15/h1-12,20,24H,14H2. The van der Waals surface area contributed by atoms with Crippen LogP contribution < -0.4 is 5.32 Å². The molecule has 0 fully saturated rings. The van der Waals surface area contributed by atoms with Crippen molar-refractivity contribution in [1.29, 1.82) is 5.26 Å². The van der Waals surface area contributed by atoms with Crippen LogP contribution in [0.2, 0.25) is 0 Å². The predicted molar refractivity (Wildman–Crippen MR) is 98.1 cm³/mol. The lowest BCUT2D eigenvalue weighted by atomic mass is 10.2. The lowest BCUT2D eigenvalue weighted by Crippen LogP contribution is -2.32. The molecule has 4 rings (SSSR count). The summed E-state index contributed by atoms with van der Waals surface area (Å²) in [5.41, 5.74) is 3.70. The van der Waals surface area contributed by atoms with Gasteiger partial charge in [0.1, 0.15) is 6.17 Å². The first-order chi connectivity index (χ1) is 12.8. The van der Waals surface area contributed by atoms with Crippen molar-refractivity contribution in [2.75, 3.05) is 5.32 Å². The first-order valence-corrected chi connectivity index (χ1v) is 8.33. The van der Waals surface area contributed by atoms with Gasteiger partial charge in [0.2, 0.25) is 0 Å². The minimum Gasteiger partial charge on any atom is -0.360 e. The molecule has 5 heteroatoms. The highest BCUT2D eigenvalue weighted by atomic mass is 16.2. The molecule has 0 saturated heterocycles. The third-order valence-corrected chi connectivity index (χ3v) is 4.39. The monoisotopic (exact) mass is 340 g/mol. The van der Waals surface area contributed by atoms with E-state index < -0.39 is 0 Å². The summed E-state index contributed by atoms with van der Waals surface area (Å²) in [5, 5.41) is 12.5. The smallest absolute Gasteiger partial charge is 0.258 e. The Kier molecular flexibility index (Phi) is 4.08. The van der Waals surface area contributed by atoms with Crippen LogP contribution in [0.1, 0.15) is 33.3 Å². The van der Waals surface area contributed by atoms with Gasteiger partial charge in [-0.25, -0.2) is 0 Å². The predicted octanol–water partition coefficient (Wildman–Crippen LogP) is 3.72. The molecule has 1 aliphatic heterocycles. The zero-order valence-electron chi connectivity index (χ0n) is 14.0. The van der Waals surface area contributed by atoms with Crippen molar-refractivity contribution in [2.45, 2.75) is 12.7 Å². The third-order valence-electron chi connectivity index (χ3n) is 4.39. The van der Waals surface area contributed by atoms with Crippen molar-refractivity contribution >= 4 is 11.6 Å². The Balaban J connectivity index is 1.70. The number of nitrogens with zero attached hydrogens (tertiary/aromatic N) is 3. The first kappa shape index (κ1) is 15.9. The maximum Gasteiger partial charge on any atom is 0.258 e. The minimum absolute atomic E-state index is 0.0501. The highest BCUT2D eigenvalue weighted by molar-refractivity contribution is 5.98. The second-order valence-corrected chi connectivity index (χ2v) is 6.09. The number of nitrogens with one attached hydrogen (secondary N) is 1. The van der Waals surface area contributed by atoms with Crippen molar-refractivity contribution < 1.29 is 4.79 Å². The molecule has 0 spiro atoms. The molecule has 1 atom stereocenters. The molecular formula is C21H16N4O. The fourth-order valence-electron chi connectivity index (χ4n) is 3.16. The zero-order chi connectivity index (χ0) is 17.9. The molecular weight excluding hydrogens is 324 g/mol. The minimum atomic E-state index is -0.382. The molecule has 126 valence electrons. The van der Waals surface area contributed by atoms with Crippen LogP contribution in [-0.2, 0) is 6.54 Å². The van der Waals surface area contributed by atoms with E-state index in [9.17, 15) is 4.79 Å². The molecule has 0 saturated carbocycles. The average molecular weight is 340 g/mol. The Labute approximate surface area is 151 Å². The summed E-state index contributed by atoms with van der Waals surface area (Å²) in [6.07, 6.45) is 1.31. The Morgan fingerprint density at radius 3 is 2.73 bits per heavy atom. The fourth-order valence-corrected chi connectivity index (χ4v) is 3.16. The normalized spacial score (nSPS) is 15.4. The molecule has 1 aliphatic rings. The average Bonchev–Trinajstić information content (AvgIpc) is 2.95. The molecule has 26 heavy (non-hydrogen) atoms. The van der Waals surface area contributed by atoms with Crippen LogP contribution in [0.25, 0.3) is 0 Å². The number of benzene rings is 2. The number of aromatic nitrogens is 1. The van der Waals surface area contributed by atoms with Crippen LogP contribution in [-0.4, -0.2) is 15.8 Å². The van der Waals surface area contributed by atoms with Gasteiger partial charge in [0.15, 0.2) is 0 Å². The van der Waals surface area contributed by atoms with E-state index in [0.29, 0.717) is 23.4 Å². The van der Waals surface area contributed by atoms with Crippen LogP contribution in [0, 0.1) is 11.3 Å². The second kappa shape index (κ2) is 6.69. The number of amides is 1. The largest absolute Gasteiger partial charge is 0.360 e. The van der Waals surface area contributed by atoms with Gasteiger partial charge < -0.3 is 10.2 Å². The SMILES string of the molecule is N#Cc1cccc(NC2c3ncccc3C(=O)N2Cc2ccccc2)c1. The number of carbonyl (C=O) groups is 1. The molecule has 1 unspecified atom stereocenters. The van der Waals surface area contributed by atoms with E-state index in [1.807, 2.05) is 42.5 Å². The summed E-state index contributed by atoms with van der Waals surface area (Å²) in [6.45, 7) is 0.478. The Morgan fingerprint density at radius 2 is 1.92 bits per heavy atom. The van der Waals surface area contributed by atoms with E-state index in [-0.39, 0.29) is 12.1 Å². The number of pyridine rings is 1. The third kappa shape index (κ3) is 2.89. The van der Waals surface area contributed by atoms with E-state index in [1.165, 1.54) is 0 Å². The van der Waals surface area contributed by atoms with Gasteiger partial charge >= 0.3 is 0 Å². The van der Waals surface area contributed by atoms with Gasteiger partial charge in [0, 0.05) is 18.4 Å². The molecule has 1 amide bonds. The number of rotatable bonds is 4. The first-order valence-electron chi connectivity index (χ1n) is 8.33. The van der Waals surface area contributed by atoms with Gasteiger partial charge in [-0.15, -0.1) is 0 Å². The van der Waals surface area contributed by atoms with Gasteiger partial charge in [0.05, 0.1) is 22.9 Å². The van der Waals surface area contributed by atoms with Gasteiger partial charge in [-0.1, -0.05) is 36.4 Å². The summed E-state index contributed by atoms with van der Waals surface area (Å²) in [5.74, 6) is -0.0501. The summed E-state index contributed by atoms with van der Waals surface area (Å²) in [7, 11) is 0. The van der Waals surface area contributed by atoms with Crippen LogP contribution in [0.4, 0.5) is 5.69 Å².